The number of aromatic nitrogens is 1. The molecule has 0 bridgehead atoms. The molecular weight excluding hydrogens is 510 g/mol. The van der Waals surface area contributed by atoms with Crippen molar-refractivity contribution < 1.29 is 32.6 Å². The lowest BCUT2D eigenvalue weighted by molar-refractivity contribution is -0.140. The number of carbonyl (C=O) groups excluding carboxylic acids is 2. The van der Waals surface area contributed by atoms with Gasteiger partial charge in [-0.25, -0.2) is 12.7 Å². The summed E-state index contributed by atoms with van der Waals surface area (Å²) >= 11 is 0. The van der Waals surface area contributed by atoms with Crippen molar-refractivity contribution in [1.82, 2.24) is 14.2 Å². The summed E-state index contributed by atoms with van der Waals surface area (Å²) in [5.41, 5.74) is 1.26. The molecule has 1 atom stereocenters. The van der Waals surface area contributed by atoms with E-state index in [1.165, 1.54) is 57.5 Å². The molecule has 1 aromatic heterocycles. The van der Waals surface area contributed by atoms with E-state index in [1.807, 2.05) is 0 Å². The predicted molar refractivity (Wildman–Crippen MR) is 139 cm³/mol. The van der Waals surface area contributed by atoms with Crippen LogP contribution in [0.15, 0.2) is 77.5 Å². The van der Waals surface area contributed by atoms with Gasteiger partial charge in [0.25, 0.3) is 11.7 Å². The molecule has 1 aliphatic rings. The second-order valence-corrected chi connectivity index (χ2v) is 10.9. The van der Waals surface area contributed by atoms with E-state index in [2.05, 4.69) is 4.98 Å². The smallest absolute Gasteiger partial charge is 0.295 e. The van der Waals surface area contributed by atoms with Gasteiger partial charge >= 0.3 is 0 Å². The summed E-state index contributed by atoms with van der Waals surface area (Å²) in [5.74, 6) is -1.24. The number of hydrogen-bond acceptors (Lipinski definition) is 8. The van der Waals surface area contributed by atoms with Crippen LogP contribution in [0.25, 0.3) is 5.76 Å². The van der Waals surface area contributed by atoms with Crippen LogP contribution in [0.3, 0.4) is 0 Å². The van der Waals surface area contributed by atoms with Crippen LogP contribution in [0.4, 0.5) is 0 Å². The number of hydrogen-bond donors (Lipinski definition) is 1. The van der Waals surface area contributed by atoms with Gasteiger partial charge in [0.05, 0.1) is 30.7 Å². The molecule has 0 saturated carbocycles. The molecular formula is C27H27N3O7S. The lowest BCUT2D eigenvalue weighted by Gasteiger charge is -2.26. The van der Waals surface area contributed by atoms with Crippen LogP contribution in [0.2, 0.25) is 0 Å². The van der Waals surface area contributed by atoms with Crippen LogP contribution in [-0.2, 0) is 26.2 Å². The van der Waals surface area contributed by atoms with Gasteiger partial charge in [-0.1, -0.05) is 12.1 Å². The lowest BCUT2D eigenvalue weighted by Crippen LogP contribution is -2.29. The first kappa shape index (κ1) is 26.8. The maximum absolute atomic E-state index is 13.3. The number of nitrogens with zero attached hydrogens (tertiary/aromatic N) is 3. The number of ketones is 1. The fourth-order valence-electron chi connectivity index (χ4n) is 4.25. The van der Waals surface area contributed by atoms with Gasteiger partial charge in [0.2, 0.25) is 10.0 Å². The first-order chi connectivity index (χ1) is 18.1. The normalized spacial score (nSPS) is 17.2. The highest BCUT2D eigenvalue weighted by Gasteiger charge is 2.46. The minimum absolute atomic E-state index is 0.0209. The second kappa shape index (κ2) is 10.6. The second-order valence-electron chi connectivity index (χ2n) is 8.71. The number of rotatable bonds is 8. The number of ether oxygens (including phenoxy) is 2. The fraction of sp³-hybridized carbons (Fsp3) is 0.222. The molecule has 198 valence electrons. The first-order valence-corrected chi connectivity index (χ1v) is 13.0. The SMILES string of the molecule is COc1ccc([C@H]2C(=C(O)c3ccc(S(=O)(=O)N(C)C)cc3)C(=O)C(=O)N2Cc2cccnc2)cc1OC. The van der Waals surface area contributed by atoms with Crippen LogP contribution in [0.1, 0.15) is 22.7 Å². The topological polar surface area (TPSA) is 126 Å². The lowest BCUT2D eigenvalue weighted by atomic mass is 9.95. The monoisotopic (exact) mass is 537 g/mol. The maximum atomic E-state index is 13.3. The van der Waals surface area contributed by atoms with Crippen molar-refractivity contribution in [2.75, 3.05) is 28.3 Å². The molecule has 10 nitrogen and oxygen atoms in total. The summed E-state index contributed by atoms with van der Waals surface area (Å²) < 4.78 is 36.7. The molecule has 2 aromatic carbocycles. The first-order valence-electron chi connectivity index (χ1n) is 11.5. The Hall–Kier alpha value is -4.22. The summed E-state index contributed by atoms with van der Waals surface area (Å²) in [4.78, 5) is 32.0. The Morgan fingerprint density at radius 3 is 2.29 bits per heavy atom. The molecule has 38 heavy (non-hydrogen) atoms. The van der Waals surface area contributed by atoms with Gasteiger partial charge in [-0.2, -0.15) is 0 Å². The van der Waals surface area contributed by atoms with Gasteiger partial charge in [0, 0.05) is 38.6 Å². The summed E-state index contributed by atoms with van der Waals surface area (Å²) in [6.07, 6.45) is 3.19. The van der Waals surface area contributed by atoms with Crippen molar-refractivity contribution >= 4 is 27.5 Å². The van der Waals surface area contributed by atoms with Crippen molar-refractivity contribution in [2.45, 2.75) is 17.5 Å². The van der Waals surface area contributed by atoms with E-state index in [0.717, 1.165) is 4.31 Å². The Kier molecular flexibility index (Phi) is 7.51. The maximum Gasteiger partial charge on any atom is 0.295 e. The molecule has 4 rings (SSSR count). The van der Waals surface area contributed by atoms with Crippen molar-refractivity contribution in [2.24, 2.45) is 0 Å². The van der Waals surface area contributed by atoms with E-state index >= 15 is 0 Å². The Bertz CT molecular complexity index is 1500. The number of aliphatic hydroxyl groups excluding tert-OH is 1. The molecule has 11 heteroatoms. The third-order valence-electron chi connectivity index (χ3n) is 6.25. The Labute approximate surface area is 220 Å². The van der Waals surface area contributed by atoms with E-state index < -0.39 is 33.5 Å². The van der Waals surface area contributed by atoms with Crippen molar-refractivity contribution in [1.29, 1.82) is 0 Å². The fourth-order valence-corrected chi connectivity index (χ4v) is 5.15. The molecule has 3 aromatic rings. The van der Waals surface area contributed by atoms with Gasteiger partial charge in [-0.3, -0.25) is 14.6 Å². The number of pyridine rings is 1. The third kappa shape index (κ3) is 4.85. The largest absolute Gasteiger partial charge is 0.507 e. The minimum Gasteiger partial charge on any atom is -0.507 e. The van der Waals surface area contributed by atoms with Gasteiger partial charge < -0.3 is 19.5 Å². The summed E-state index contributed by atoms with van der Waals surface area (Å²) in [6, 6.07) is 13.0. The van der Waals surface area contributed by atoms with Crippen LogP contribution in [0, 0.1) is 0 Å². The Morgan fingerprint density at radius 2 is 1.71 bits per heavy atom. The standard InChI is InChI=1S/C27H27N3O7S/c1-29(2)38(34,35)20-10-7-18(8-11-20)25(31)23-24(19-9-12-21(36-3)22(14-19)37-4)30(27(33)26(23)32)16-17-6-5-13-28-15-17/h5-15,24,31H,16H2,1-4H3/t24-/m0/s1. The molecule has 1 amide bonds. The third-order valence-corrected chi connectivity index (χ3v) is 8.07. The molecule has 0 aliphatic carbocycles. The van der Waals surface area contributed by atoms with Gasteiger partial charge in [-0.05, 0) is 53.6 Å². The van der Waals surface area contributed by atoms with E-state index in [1.54, 1.807) is 42.7 Å². The number of benzene rings is 2. The highest BCUT2D eigenvalue weighted by molar-refractivity contribution is 7.89. The minimum atomic E-state index is -3.69. The van der Waals surface area contributed by atoms with Gasteiger partial charge in [0.1, 0.15) is 5.76 Å². The van der Waals surface area contributed by atoms with E-state index in [-0.39, 0.29) is 22.6 Å². The Morgan fingerprint density at radius 1 is 1.03 bits per heavy atom. The zero-order valence-electron chi connectivity index (χ0n) is 21.3. The van der Waals surface area contributed by atoms with Crippen LogP contribution in [0.5, 0.6) is 11.5 Å². The van der Waals surface area contributed by atoms with Crippen LogP contribution < -0.4 is 9.47 Å². The van der Waals surface area contributed by atoms with Gasteiger partial charge in [0.15, 0.2) is 11.5 Å². The average molecular weight is 538 g/mol. The molecule has 1 fully saturated rings. The van der Waals surface area contributed by atoms with Crippen molar-refractivity contribution in [3.63, 3.8) is 0 Å². The van der Waals surface area contributed by atoms with E-state index in [9.17, 15) is 23.1 Å². The Balaban J connectivity index is 1.87. The summed E-state index contributed by atoms with van der Waals surface area (Å²) in [7, 11) is 2.09. The number of sulfonamides is 1. The van der Waals surface area contributed by atoms with Crippen LogP contribution >= 0.6 is 0 Å². The number of aliphatic hydroxyl groups is 1. The predicted octanol–water partition coefficient (Wildman–Crippen LogP) is 2.97. The molecule has 0 radical (unpaired) electrons. The average Bonchev–Trinajstić information content (AvgIpc) is 3.17. The van der Waals surface area contributed by atoms with E-state index in [4.69, 9.17) is 9.47 Å². The highest BCUT2D eigenvalue weighted by atomic mass is 32.2. The molecule has 1 aliphatic heterocycles. The molecule has 2 heterocycles. The quantitative estimate of drug-likeness (QED) is 0.264. The number of carbonyl (C=O) groups is 2. The molecule has 1 N–H and O–H groups in total. The van der Waals surface area contributed by atoms with Crippen LogP contribution in [-0.4, -0.2) is 67.7 Å². The number of Topliss-reactive ketones (excluding diaryl/α,β-unsaturated/α-hetero) is 1. The summed E-state index contributed by atoms with van der Waals surface area (Å²) in [6.45, 7) is 0.0637. The highest BCUT2D eigenvalue weighted by Crippen LogP contribution is 2.42. The summed E-state index contributed by atoms with van der Waals surface area (Å²) in [5, 5.41) is 11.3. The molecule has 0 unspecified atom stereocenters. The van der Waals surface area contributed by atoms with Crippen molar-refractivity contribution in [3.8, 4) is 11.5 Å². The van der Waals surface area contributed by atoms with Gasteiger partial charge in [-0.15, -0.1) is 0 Å². The number of methoxy groups -OCH3 is 2. The zero-order chi connectivity index (χ0) is 27.6. The van der Waals surface area contributed by atoms with E-state index in [0.29, 0.717) is 22.6 Å². The zero-order valence-corrected chi connectivity index (χ0v) is 22.1. The number of amides is 1. The number of likely N-dealkylation sites (tertiary alicyclic amines) is 1. The molecule has 1 saturated heterocycles. The van der Waals surface area contributed by atoms with Crippen molar-refractivity contribution in [3.05, 3.63) is 89.3 Å². The molecule has 0 spiro atoms.